The van der Waals surface area contributed by atoms with Crippen molar-refractivity contribution in [3.8, 4) is 0 Å². The van der Waals surface area contributed by atoms with Crippen LogP contribution in [0.5, 0.6) is 0 Å². The lowest BCUT2D eigenvalue weighted by molar-refractivity contribution is -0.147. The maximum absolute atomic E-state index is 12.6. The average molecular weight is 360 g/mol. The van der Waals surface area contributed by atoms with E-state index in [1.54, 1.807) is 36.7 Å². The van der Waals surface area contributed by atoms with E-state index in [9.17, 15) is 14.4 Å². The van der Waals surface area contributed by atoms with Gasteiger partial charge >= 0.3 is 0 Å². The van der Waals surface area contributed by atoms with Crippen molar-refractivity contribution in [1.82, 2.24) is 10.4 Å². The van der Waals surface area contributed by atoms with Gasteiger partial charge in [-0.2, -0.15) is 0 Å². The lowest BCUT2D eigenvalue weighted by Gasteiger charge is -2.32. The number of benzene rings is 1. The molecule has 1 aromatic rings. The summed E-state index contributed by atoms with van der Waals surface area (Å²) in [6.45, 7) is 3.60. The summed E-state index contributed by atoms with van der Waals surface area (Å²) in [4.78, 5) is 38.3. The van der Waals surface area contributed by atoms with Crippen LogP contribution in [0.15, 0.2) is 24.3 Å². The fraction of sp³-hybridized carbons (Fsp3) is 0.444. The Kier molecular flexibility index (Phi) is 6.10. The third kappa shape index (κ3) is 3.60. The summed E-state index contributed by atoms with van der Waals surface area (Å²) in [7, 11) is 0. The first-order chi connectivity index (χ1) is 12.3. The second-order valence-electron chi connectivity index (χ2n) is 6.48. The molecule has 2 rings (SSSR count). The molecule has 1 fully saturated rings. The Morgan fingerprint density at radius 2 is 1.96 bits per heavy atom. The van der Waals surface area contributed by atoms with Crippen molar-refractivity contribution in [2.24, 2.45) is 11.7 Å². The first-order valence-corrected chi connectivity index (χ1v) is 8.58. The van der Waals surface area contributed by atoms with Gasteiger partial charge in [0, 0.05) is 11.5 Å². The van der Waals surface area contributed by atoms with Crippen molar-refractivity contribution >= 4 is 23.4 Å². The Balaban J connectivity index is 2.45. The van der Waals surface area contributed by atoms with E-state index in [2.05, 4.69) is 0 Å². The van der Waals surface area contributed by atoms with Gasteiger partial charge in [-0.25, -0.2) is 5.48 Å². The fourth-order valence-electron chi connectivity index (χ4n) is 3.35. The molecule has 140 valence electrons. The number of carbonyl (C=O) groups excluding carboxylic acids is 3. The van der Waals surface area contributed by atoms with E-state index in [0.29, 0.717) is 24.0 Å². The molecule has 1 aliphatic rings. The number of ketones is 1. The first-order valence-electron chi connectivity index (χ1n) is 8.58. The molecule has 3 atom stereocenters. The number of Topliss-reactive ketones (excluding diaryl/α,β-unsaturated/α-hetero) is 1. The molecule has 1 aliphatic heterocycles. The summed E-state index contributed by atoms with van der Waals surface area (Å²) in [6, 6.07) is 5.13. The average Bonchev–Trinajstić information content (AvgIpc) is 2.86. The molecule has 1 heterocycles. The highest BCUT2D eigenvalue weighted by Gasteiger charge is 2.49. The van der Waals surface area contributed by atoms with Gasteiger partial charge in [-0.05, 0) is 12.0 Å². The molecular weight excluding hydrogens is 336 g/mol. The first kappa shape index (κ1) is 19.6. The Hall–Kier alpha value is -2.74. The largest absolute Gasteiger partial charge is 0.384 e. The summed E-state index contributed by atoms with van der Waals surface area (Å²) in [5.74, 6) is -2.69. The number of carbonyl (C=O) groups is 3. The summed E-state index contributed by atoms with van der Waals surface area (Å²) in [5.41, 5.74) is 8.27. The Labute approximate surface area is 151 Å². The SMILES string of the molecule is CCCCC(C(=O)NO)N1C(=O)C(=O)C(C)C1c1ccc(C(=N)N)cc1. The van der Waals surface area contributed by atoms with E-state index in [1.165, 1.54) is 4.90 Å². The van der Waals surface area contributed by atoms with E-state index in [1.807, 2.05) is 6.92 Å². The molecule has 3 unspecified atom stereocenters. The molecule has 0 bridgehead atoms. The number of hydrogen-bond donors (Lipinski definition) is 4. The molecule has 0 radical (unpaired) electrons. The van der Waals surface area contributed by atoms with Crippen LogP contribution in [0.4, 0.5) is 0 Å². The summed E-state index contributed by atoms with van der Waals surface area (Å²) in [5, 5.41) is 16.5. The van der Waals surface area contributed by atoms with Gasteiger partial charge in [0.1, 0.15) is 11.9 Å². The van der Waals surface area contributed by atoms with Gasteiger partial charge in [-0.3, -0.25) is 25.0 Å². The number of nitrogens with two attached hydrogens (primary N) is 1. The molecule has 8 heteroatoms. The highest BCUT2D eigenvalue weighted by Crippen LogP contribution is 2.38. The lowest BCUT2D eigenvalue weighted by atomic mass is 9.93. The monoisotopic (exact) mass is 360 g/mol. The van der Waals surface area contributed by atoms with Crippen molar-refractivity contribution in [2.45, 2.75) is 45.2 Å². The van der Waals surface area contributed by atoms with Gasteiger partial charge in [-0.15, -0.1) is 0 Å². The van der Waals surface area contributed by atoms with Crippen molar-refractivity contribution in [3.63, 3.8) is 0 Å². The van der Waals surface area contributed by atoms with Gasteiger partial charge in [-0.1, -0.05) is 51.0 Å². The van der Waals surface area contributed by atoms with Crippen LogP contribution in [0.1, 0.15) is 50.3 Å². The third-order valence-corrected chi connectivity index (χ3v) is 4.78. The highest BCUT2D eigenvalue weighted by molar-refractivity contribution is 6.39. The molecular formula is C18H24N4O4. The van der Waals surface area contributed by atoms with Crippen LogP contribution >= 0.6 is 0 Å². The normalized spacial score (nSPS) is 21.0. The number of likely N-dealkylation sites (tertiary alicyclic amines) is 1. The number of amides is 2. The summed E-state index contributed by atoms with van der Waals surface area (Å²) < 4.78 is 0. The molecule has 1 aromatic carbocycles. The minimum absolute atomic E-state index is 0.0829. The molecule has 0 spiro atoms. The number of nitrogens with zero attached hydrogens (tertiary/aromatic N) is 1. The maximum Gasteiger partial charge on any atom is 0.291 e. The minimum atomic E-state index is -0.932. The van der Waals surface area contributed by atoms with Crippen LogP contribution in [0.2, 0.25) is 0 Å². The van der Waals surface area contributed by atoms with Crippen molar-refractivity contribution in [3.05, 3.63) is 35.4 Å². The zero-order valence-corrected chi connectivity index (χ0v) is 14.9. The predicted molar refractivity (Wildman–Crippen MR) is 94.5 cm³/mol. The molecule has 5 N–H and O–H groups in total. The number of hydroxylamine groups is 1. The van der Waals surface area contributed by atoms with Crippen LogP contribution in [0.25, 0.3) is 0 Å². The molecule has 8 nitrogen and oxygen atoms in total. The number of nitrogens with one attached hydrogen (secondary N) is 2. The van der Waals surface area contributed by atoms with E-state index in [-0.39, 0.29) is 5.84 Å². The van der Waals surface area contributed by atoms with E-state index in [4.69, 9.17) is 16.4 Å². The van der Waals surface area contributed by atoms with Gasteiger partial charge < -0.3 is 10.6 Å². The number of rotatable bonds is 7. The highest BCUT2D eigenvalue weighted by atomic mass is 16.5. The van der Waals surface area contributed by atoms with Crippen molar-refractivity contribution in [2.75, 3.05) is 0 Å². The molecule has 0 aliphatic carbocycles. The molecule has 1 saturated heterocycles. The van der Waals surface area contributed by atoms with Crippen molar-refractivity contribution in [1.29, 1.82) is 5.41 Å². The van der Waals surface area contributed by atoms with E-state index >= 15 is 0 Å². The Morgan fingerprint density at radius 1 is 1.35 bits per heavy atom. The van der Waals surface area contributed by atoms with Crippen LogP contribution < -0.4 is 11.2 Å². The predicted octanol–water partition coefficient (Wildman–Crippen LogP) is 1.12. The standard InChI is InChI=1S/C18H24N4O4/c1-3-4-5-13(17(24)21-26)22-14(10(2)15(23)18(22)25)11-6-8-12(9-7-11)16(19)20/h6-10,13-14,26H,3-5H2,1-2H3,(H3,19,20)(H,21,24). The van der Waals surface area contributed by atoms with E-state index in [0.717, 1.165) is 6.42 Å². The minimum Gasteiger partial charge on any atom is -0.384 e. The van der Waals surface area contributed by atoms with Crippen LogP contribution in [-0.4, -0.2) is 39.6 Å². The third-order valence-electron chi connectivity index (χ3n) is 4.78. The number of hydrogen-bond acceptors (Lipinski definition) is 5. The lowest BCUT2D eigenvalue weighted by Crippen LogP contribution is -2.48. The second-order valence-corrected chi connectivity index (χ2v) is 6.48. The van der Waals surface area contributed by atoms with Gasteiger partial charge in [0.25, 0.3) is 11.8 Å². The quantitative estimate of drug-likeness (QED) is 0.190. The van der Waals surface area contributed by atoms with Crippen molar-refractivity contribution < 1.29 is 19.6 Å². The van der Waals surface area contributed by atoms with Crippen LogP contribution in [-0.2, 0) is 14.4 Å². The molecule has 0 aromatic heterocycles. The number of amidine groups is 1. The van der Waals surface area contributed by atoms with Crippen LogP contribution in [0, 0.1) is 11.3 Å². The van der Waals surface area contributed by atoms with Crippen LogP contribution in [0.3, 0.4) is 0 Å². The summed E-state index contributed by atoms with van der Waals surface area (Å²) >= 11 is 0. The Bertz CT molecular complexity index is 716. The van der Waals surface area contributed by atoms with Gasteiger partial charge in [0.2, 0.25) is 5.78 Å². The second kappa shape index (κ2) is 8.09. The molecule has 0 saturated carbocycles. The smallest absolute Gasteiger partial charge is 0.291 e. The summed E-state index contributed by atoms with van der Waals surface area (Å²) in [6.07, 6.45) is 1.82. The molecule has 2 amide bonds. The van der Waals surface area contributed by atoms with E-state index < -0.39 is 35.6 Å². The number of unbranched alkanes of at least 4 members (excludes halogenated alkanes) is 1. The topological polar surface area (TPSA) is 137 Å². The Morgan fingerprint density at radius 3 is 2.46 bits per heavy atom. The van der Waals surface area contributed by atoms with Gasteiger partial charge in [0.15, 0.2) is 0 Å². The zero-order chi connectivity index (χ0) is 19.4. The molecule has 26 heavy (non-hydrogen) atoms. The van der Waals surface area contributed by atoms with Gasteiger partial charge in [0.05, 0.1) is 6.04 Å². The number of nitrogen functional groups attached to an aromatic ring is 1. The zero-order valence-electron chi connectivity index (χ0n) is 14.9. The maximum atomic E-state index is 12.6. The fourth-order valence-corrected chi connectivity index (χ4v) is 3.35.